The molecule has 0 aliphatic rings. The van der Waals surface area contributed by atoms with E-state index < -0.39 is 9.84 Å². The van der Waals surface area contributed by atoms with E-state index in [1.54, 1.807) is 6.92 Å². The molecule has 3 rings (SSSR count). The number of nitriles is 1. The lowest BCUT2D eigenvalue weighted by molar-refractivity contribution is 0.599. The molecule has 0 saturated heterocycles. The van der Waals surface area contributed by atoms with Gasteiger partial charge in [0.15, 0.2) is 9.84 Å². The standard InChI is InChI=1S/C23H22N2O2S2/c1-3-29(26,27)14-13-28-23-21(16-24)20(18-7-5-4-6-8-18)15-22(25-23)19-11-9-17(2)10-12-19/h4-12,15H,3,13-14H2,1-2H3. The molecule has 0 radical (unpaired) electrons. The number of pyridine rings is 1. The summed E-state index contributed by atoms with van der Waals surface area (Å²) in [6.45, 7) is 3.67. The number of aryl methyl sites for hydroxylation is 1. The maximum absolute atomic E-state index is 11.9. The van der Waals surface area contributed by atoms with Crippen LogP contribution in [-0.2, 0) is 9.84 Å². The number of sulfone groups is 1. The number of nitrogens with zero attached hydrogens (tertiary/aromatic N) is 2. The van der Waals surface area contributed by atoms with Gasteiger partial charge < -0.3 is 0 Å². The molecule has 0 atom stereocenters. The summed E-state index contributed by atoms with van der Waals surface area (Å²) >= 11 is 1.32. The average Bonchev–Trinajstić information content (AvgIpc) is 2.74. The fraction of sp³-hybridized carbons (Fsp3) is 0.217. The van der Waals surface area contributed by atoms with Gasteiger partial charge in [0.2, 0.25) is 0 Å². The van der Waals surface area contributed by atoms with Gasteiger partial charge in [0.05, 0.1) is 17.0 Å². The lowest BCUT2D eigenvalue weighted by atomic mass is 9.99. The van der Waals surface area contributed by atoms with Gasteiger partial charge in [-0.15, -0.1) is 11.8 Å². The van der Waals surface area contributed by atoms with Crippen LogP contribution in [0.25, 0.3) is 22.4 Å². The molecule has 0 spiro atoms. The first-order chi connectivity index (χ1) is 13.9. The molecule has 2 aromatic carbocycles. The van der Waals surface area contributed by atoms with Crippen molar-refractivity contribution in [3.8, 4) is 28.5 Å². The third-order valence-electron chi connectivity index (χ3n) is 4.60. The van der Waals surface area contributed by atoms with E-state index in [1.807, 2.05) is 67.6 Å². The molecule has 0 aliphatic carbocycles. The summed E-state index contributed by atoms with van der Waals surface area (Å²) < 4.78 is 23.7. The zero-order valence-corrected chi connectivity index (χ0v) is 18.1. The molecule has 0 saturated carbocycles. The minimum Gasteiger partial charge on any atom is -0.240 e. The Labute approximate surface area is 176 Å². The van der Waals surface area contributed by atoms with Crippen molar-refractivity contribution in [3.05, 3.63) is 71.8 Å². The molecule has 0 unspecified atom stereocenters. The Balaban J connectivity index is 2.08. The number of thioether (sulfide) groups is 1. The molecule has 0 aliphatic heterocycles. The minimum atomic E-state index is -3.07. The lowest BCUT2D eigenvalue weighted by Crippen LogP contribution is -2.10. The van der Waals surface area contributed by atoms with Crippen LogP contribution in [0.1, 0.15) is 18.1 Å². The van der Waals surface area contributed by atoms with E-state index >= 15 is 0 Å². The predicted octanol–water partition coefficient (Wildman–Crippen LogP) is 5.12. The molecule has 0 fully saturated rings. The first-order valence-electron chi connectivity index (χ1n) is 9.34. The Bertz CT molecular complexity index is 1130. The van der Waals surface area contributed by atoms with E-state index in [-0.39, 0.29) is 11.5 Å². The number of hydrogen-bond acceptors (Lipinski definition) is 5. The third-order valence-corrected chi connectivity index (χ3v) is 7.54. The van der Waals surface area contributed by atoms with E-state index in [0.717, 1.165) is 27.9 Å². The van der Waals surface area contributed by atoms with Crippen molar-refractivity contribution in [2.75, 3.05) is 17.3 Å². The predicted molar refractivity (Wildman–Crippen MR) is 120 cm³/mol. The highest BCUT2D eigenvalue weighted by Crippen LogP contribution is 2.34. The van der Waals surface area contributed by atoms with Gasteiger partial charge in [-0.3, -0.25) is 0 Å². The van der Waals surface area contributed by atoms with Crippen LogP contribution in [0.2, 0.25) is 0 Å². The monoisotopic (exact) mass is 422 g/mol. The second-order valence-electron chi connectivity index (χ2n) is 6.66. The summed E-state index contributed by atoms with van der Waals surface area (Å²) in [5.74, 6) is 0.546. The number of hydrogen-bond donors (Lipinski definition) is 0. The molecule has 3 aromatic rings. The van der Waals surface area contributed by atoms with E-state index in [9.17, 15) is 13.7 Å². The van der Waals surface area contributed by atoms with Crippen LogP contribution in [-0.4, -0.2) is 30.7 Å². The topological polar surface area (TPSA) is 70.8 Å². The van der Waals surface area contributed by atoms with Crippen molar-refractivity contribution in [2.24, 2.45) is 0 Å². The van der Waals surface area contributed by atoms with E-state index in [2.05, 4.69) is 6.07 Å². The molecule has 0 N–H and O–H groups in total. The smallest absolute Gasteiger partial charge is 0.150 e. The van der Waals surface area contributed by atoms with E-state index in [0.29, 0.717) is 16.3 Å². The third kappa shape index (κ3) is 5.26. The number of rotatable bonds is 7. The van der Waals surface area contributed by atoms with Crippen LogP contribution in [0.4, 0.5) is 0 Å². The normalized spacial score (nSPS) is 11.2. The molecule has 4 nitrogen and oxygen atoms in total. The first-order valence-corrected chi connectivity index (χ1v) is 12.1. The highest BCUT2D eigenvalue weighted by molar-refractivity contribution is 8.00. The lowest BCUT2D eigenvalue weighted by Gasteiger charge is -2.13. The van der Waals surface area contributed by atoms with Crippen molar-refractivity contribution >= 4 is 21.6 Å². The van der Waals surface area contributed by atoms with Crippen molar-refractivity contribution in [1.82, 2.24) is 4.98 Å². The molecule has 6 heteroatoms. The maximum Gasteiger partial charge on any atom is 0.150 e. The van der Waals surface area contributed by atoms with Crippen LogP contribution in [0, 0.1) is 18.3 Å². The maximum atomic E-state index is 11.9. The molecular formula is C23H22N2O2S2. The summed E-state index contributed by atoms with van der Waals surface area (Å²) in [6, 6.07) is 22.0. The van der Waals surface area contributed by atoms with Crippen LogP contribution in [0.15, 0.2) is 65.7 Å². The average molecular weight is 423 g/mol. The van der Waals surface area contributed by atoms with Crippen molar-refractivity contribution in [1.29, 1.82) is 5.26 Å². The zero-order chi connectivity index (χ0) is 20.9. The summed E-state index contributed by atoms with van der Waals surface area (Å²) in [7, 11) is -3.07. The van der Waals surface area contributed by atoms with Gasteiger partial charge in [-0.25, -0.2) is 13.4 Å². The summed E-state index contributed by atoms with van der Waals surface area (Å²) in [4.78, 5) is 4.72. The minimum absolute atomic E-state index is 0.0656. The van der Waals surface area contributed by atoms with Crippen molar-refractivity contribution in [2.45, 2.75) is 18.9 Å². The van der Waals surface area contributed by atoms with Gasteiger partial charge in [0, 0.05) is 22.6 Å². The molecule has 0 bridgehead atoms. The highest BCUT2D eigenvalue weighted by atomic mass is 32.2. The Hall–Kier alpha value is -2.62. The van der Waals surface area contributed by atoms with Crippen LogP contribution in [0.5, 0.6) is 0 Å². The van der Waals surface area contributed by atoms with Gasteiger partial charge in [-0.05, 0) is 18.6 Å². The quantitative estimate of drug-likeness (QED) is 0.494. The van der Waals surface area contributed by atoms with E-state index in [4.69, 9.17) is 4.98 Å². The first kappa shape index (κ1) is 21.1. The summed E-state index contributed by atoms with van der Waals surface area (Å²) in [5.41, 5.74) is 5.10. The summed E-state index contributed by atoms with van der Waals surface area (Å²) in [6.07, 6.45) is 0. The molecule has 1 heterocycles. The second-order valence-corrected chi connectivity index (χ2v) is 10.2. The number of benzene rings is 2. The van der Waals surface area contributed by atoms with Crippen LogP contribution < -0.4 is 0 Å². The Morgan fingerprint density at radius 3 is 2.34 bits per heavy atom. The van der Waals surface area contributed by atoms with Crippen LogP contribution >= 0.6 is 11.8 Å². The van der Waals surface area contributed by atoms with Gasteiger partial charge in [-0.2, -0.15) is 5.26 Å². The molecule has 29 heavy (non-hydrogen) atoms. The van der Waals surface area contributed by atoms with E-state index in [1.165, 1.54) is 11.8 Å². The Kier molecular flexibility index (Phi) is 6.73. The van der Waals surface area contributed by atoms with Crippen molar-refractivity contribution in [3.63, 3.8) is 0 Å². The Morgan fingerprint density at radius 1 is 1.03 bits per heavy atom. The molecule has 0 amide bonds. The Morgan fingerprint density at radius 2 is 1.72 bits per heavy atom. The molecule has 1 aromatic heterocycles. The van der Waals surface area contributed by atoms with Crippen molar-refractivity contribution < 1.29 is 8.42 Å². The fourth-order valence-corrected chi connectivity index (χ4v) is 5.16. The molecular weight excluding hydrogens is 400 g/mol. The summed E-state index contributed by atoms with van der Waals surface area (Å²) in [5, 5.41) is 10.4. The van der Waals surface area contributed by atoms with Crippen LogP contribution in [0.3, 0.4) is 0 Å². The fourth-order valence-electron chi connectivity index (χ4n) is 2.86. The van der Waals surface area contributed by atoms with Gasteiger partial charge in [0.1, 0.15) is 11.1 Å². The second kappa shape index (κ2) is 9.25. The molecule has 148 valence electrons. The zero-order valence-electron chi connectivity index (χ0n) is 16.4. The SMILES string of the molecule is CCS(=O)(=O)CCSc1nc(-c2ccc(C)cc2)cc(-c2ccccc2)c1C#N. The van der Waals surface area contributed by atoms with Gasteiger partial charge in [-0.1, -0.05) is 67.1 Å². The number of aromatic nitrogens is 1. The van der Waals surface area contributed by atoms with Gasteiger partial charge in [0.25, 0.3) is 0 Å². The van der Waals surface area contributed by atoms with Gasteiger partial charge >= 0.3 is 0 Å². The largest absolute Gasteiger partial charge is 0.240 e. The highest BCUT2D eigenvalue weighted by Gasteiger charge is 2.17.